The number of Topliss-reactive ketones (excluding diaryl/α,β-unsaturated/α-hetero) is 1. The first-order chi connectivity index (χ1) is 22.8. The van der Waals surface area contributed by atoms with Crippen molar-refractivity contribution in [2.24, 2.45) is 53.3 Å². The van der Waals surface area contributed by atoms with Crippen molar-refractivity contribution >= 4 is 5.78 Å². The van der Waals surface area contributed by atoms with Crippen LogP contribution in [0.2, 0.25) is 0 Å². The molecule has 0 amide bonds. The van der Waals surface area contributed by atoms with Crippen molar-refractivity contribution in [3.8, 4) is 0 Å². The highest BCUT2D eigenvalue weighted by Gasteiger charge is 2.17. The van der Waals surface area contributed by atoms with Crippen LogP contribution in [0.4, 0.5) is 0 Å². The number of carbonyl (C=O) groups excluding carboxylic acids is 1. The van der Waals surface area contributed by atoms with Crippen LogP contribution in [-0.2, 0) is 4.79 Å². The lowest BCUT2D eigenvalue weighted by atomic mass is 9.84. The van der Waals surface area contributed by atoms with Crippen LogP contribution in [0.3, 0.4) is 0 Å². The van der Waals surface area contributed by atoms with Gasteiger partial charge >= 0.3 is 0 Å². The van der Waals surface area contributed by atoms with Crippen molar-refractivity contribution in [2.45, 2.75) is 243 Å². The number of hydrogen-bond acceptors (Lipinski definition) is 1. The minimum absolute atomic E-state index is 0.535. The van der Waals surface area contributed by atoms with Gasteiger partial charge in [0.1, 0.15) is 5.78 Å². The minimum Gasteiger partial charge on any atom is -0.300 e. The highest BCUT2D eigenvalue weighted by molar-refractivity contribution is 5.78. The Hall–Kier alpha value is -0.330. The van der Waals surface area contributed by atoms with E-state index in [0.29, 0.717) is 11.7 Å². The average Bonchev–Trinajstić information content (AvgIpc) is 3.01. The van der Waals surface area contributed by atoms with Gasteiger partial charge < -0.3 is 0 Å². The zero-order valence-electron chi connectivity index (χ0n) is 35.5. The second-order valence-corrected chi connectivity index (χ2v) is 18.9. The Balaban J connectivity index is 4.34. The van der Waals surface area contributed by atoms with Crippen molar-refractivity contribution in [3.63, 3.8) is 0 Å². The summed E-state index contributed by atoms with van der Waals surface area (Å²) in [5.74, 6) is 8.02. The third kappa shape index (κ3) is 31.6. The summed E-state index contributed by atoms with van der Waals surface area (Å²) in [6, 6.07) is 0. The largest absolute Gasteiger partial charge is 0.300 e. The molecular formula is C47H94O. The van der Waals surface area contributed by atoms with Gasteiger partial charge in [0.25, 0.3) is 0 Å². The molecule has 0 spiro atoms. The lowest BCUT2D eigenvalue weighted by molar-refractivity contribution is -0.120. The van der Waals surface area contributed by atoms with E-state index in [-0.39, 0.29) is 0 Å². The highest BCUT2D eigenvalue weighted by atomic mass is 16.1. The van der Waals surface area contributed by atoms with Gasteiger partial charge in [-0.2, -0.15) is 0 Å². The Bertz CT molecular complexity index is 645. The monoisotopic (exact) mass is 675 g/mol. The molecule has 0 aliphatic heterocycles. The maximum atomic E-state index is 12.8. The van der Waals surface area contributed by atoms with E-state index in [2.05, 4.69) is 76.2 Å². The third-order valence-corrected chi connectivity index (χ3v) is 12.0. The Morgan fingerprint density at radius 3 is 0.896 bits per heavy atom. The maximum absolute atomic E-state index is 12.8. The highest BCUT2D eigenvalue weighted by Crippen LogP contribution is 2.29. The van der Waals surface area contributed by atoms with Gasteiger partial charge in [-0.15, -0.1) is 0 Å². The molecule has 0 bridgehead atoms. The summed E-state index contributed by atoms with van der Waals surface area (Å²) in [6.07, 6.45) is 34.3. The van der Waals surface area contributed by atoms with Gasteiger partial charge in [0.15, 0.2) is 0 Å². The molecule has 0 aromatic heterocycles. The van der Waals surface area contributed by atoms with Crippen molar-refractivity contribution in [3.05, 3.63) is 0 Å². The maximum Gasteiger partial charge on any atom is 0.133 e. The molecule has 0 N–H and O–H groups in total. The van der Waals surface area contributed by atoms with Crippen molar-refractivity contribution in [2.75, 3.05) is 0 Å². The Labute approximate surface area is 306 Å². The molecule has 6 atom stereocenters. The molecule has 0 heterocycles. The van der Waals surface area contributed by atoms with Crippen LogP contribution in [0.25, 0.3) is 0 Å². The van der Waals surface area contributed by atoms with E-state index in [1.165, 1.54) is 141 Å². The summed E-state index contributed by atoms with van der Waals surface area (Å²) >= 11 is 0. The average molecular weight is 675 g/mol. The summed E-state index contributed by atoms with van der Waals surface area (Å²) in [4.78, 5) is 12.8. The third-order valence-electron chi connectivity index (χ3n) is 12.0. The molecule has 0 aliphatic carbocycles. The predicted octanol–water partition coefficient (Wildman–Crippen LogP) is 16.5. The zero-order valence-corrected chi connectivity index (χ0v) is 35.5. The molecule has 0 aliphatic rings. The molecular weight excluding hydrogens is 581 g/mol. The van der Waals surface area contributed by atoms with Gasteiger partial charge in [0, 0.05) is 12.8 Å². The van der Waals surface area contributed by atoms with E-state index >= 15 is 0 Å². The number of hydrogen-bond donors (Lipinski definition) is 0. The van der Waals surface area contributed by atoms with E-state index in [0.717, 1.165) is 73.0 Å². The van der Waals surface area contributed by atoms with Gasteiger partial charge in [0.2, 0.25) is 0 Å². The van der Waals surface area contributed by atoms with Crippen molar-refractivity contribution in [1.29, 1.82) is 0 Å². The second-order valence-electron chi connectivity index (χ2n) is 18.9. The molecule has 48 heavy (non-hydrogen) atoms. The molecule has 288 valence electrons. The summed E-state index contributed by atoms with van der Waals surface area (Å²) in [5.41, 5.74) is 0. The van der Waals surface area contributed by atoms with Crippen LogP contribution >= 0.6 is 0 Å². The molecule has 0 aromatic carbocycles. The van der Waals surface area contributed by atoms with Crippen LogP contribution < -0.4 is 0 Å². The minimum atomic E-state index is 0.535. The Morgan fingerprint density at radius 1 is 0.354 bits per heavy atom. The lowest BCUT2D eigenvalue weighted by Crippen LogP contribution is -2.12. The van der Waals surface area contributed by atoms with Gasteiger partial charge in [-0.25, -0.2) is 0 Å². The van der Waals surface area contributed by atoms with Gasteiger partial charge in [-0.3, -0.25) is 4.79 Å². The number of carbonyl (C=O) groups is 1. The fourth-order valence-corrected chi connectivity index (χ4v) is 8.06. The molecule has 0 saturated carbocycles. The van der Waals surface area contributed by atoms with Crippen LogP contribution in [0.1, 0.15) is 243 Å². The van der Waals surface area contributed by atoms with E-state index in [4.69, 9.17) is 0 Å². The van der Waals surface area contributed by atoms with Crippen LogP contribution in [-0.4, -0.2) is 5.78 Å². The van der Waals surface area contributed by atoms with E-state index < -0.39 is 0 Å². The van der Waals surface area contributed by atoms with Gasteiger partial charge in [-0.05, 0) is 72.5 Å². The molecule has 1 nitrogen and oxygen atoms in total. The fourth-order valence-electron chi connectivity index (χ4n) is 8.06. The van der Waals surface area contributed by atoms with Gasteiger partial charge in [-0.1, -0.05) is 211 Å². The molecule has 0 rings (SSSR count). The quantitative estimate of drug-likeness (QED) is 0.0654. The molecule has 0 fully saturated rings. The first-order valence-corrected chi connectivity index (χ1v) is 22.3. The van der Waals surface area contributed by atoms with E-state index in [9.17, 15) is 4.79 Å². The van der Waals surface area contributed by atoms with Gasteiger partial charge in [0.05, 0.1) is 0 Å². The number of ketones is 1. The summed E-state index contributed by atoms with van der Waals surface area (Å²) in [6.45, 7) is 26.5. The molecule has 6 unspecified atom stereocenters. The van der Waals surface area contributed by atoms with Crippen molar-refractivity contribution in [1.82, 2.24) is 0 Å². The molecule has 0 saturated heterocycles. The predicted molar refractivity (Wildman–Crippen MR) is 219 cm³/mol. The molecule has 0 aromatic rings. The smallest absolute Gasteiger partial charge is 0.133 e. The second kappa shape index (κ2) is 31.4. The number of unbranched alkanes of at least 4 members (excludes halogenated alkanes) is 1. The Kier molecular flexibility index (Phi) is 31.2. The normalized spacial score (nSPS) is 16.6. The van der Waals surface area contributed by atoms with Crippen LogP contribution in [0.5, 0.6) is 0 Å². The first kappa shape index (κ1) is 47.7. The SMILES string of the molecule is CCCCC(=O)CC(CCC(C)CCCC(C)CCCC(C)CCCC(C)C)CCC(C)CCCC(C)CCCC(C)CCCC(C)C. The zero-order chi connectivity index (χ0) is 36.2. The van der Waals surface area contributed by atoms with E-state index in [1.54, 1.807) is 0 Å². The van der Waals surface area contributed by atoms with E-state index in [1.807, 2.05) is 0 Å². The Morgan fingerprint density at radius 2 is 0.625 bits per heavy atom. The fraction of sp³-hybridized carbons (Fsp3) is 0.979. The van der Waals surface area contributed by atoms with Crippen LogP contribution in [0, 0.1) is 53.3 Å². The number of rotatable bonds is 35. The van der Waals surface area contributed by atoms with Crippen LogP contribution in [0.15, 0.2) is 0 Å². The standard InChI is InChI=1S/C47H94O/c1-12-13-32-47(48)37-46(35-33-44(10)30-18-28-42(8)26-16-24-40(6)22-14-20-38(2)3)36-34-45(11)31-19-29-43(9)27-17-25-41(7)23-15-21-39(4)5/h38-46H,12-37H2,1-11H3. The molecule has 0 radical (unpaired) electrons. The summed E-state index contributed by atoms with van der Waals surface area (Å²) < 4.78 is 0. The summed E-state index contributed by atoms with van der Waals surface area (Å²) in [5, 5.41) is 0. The first-order valence-electron chi connectivity index (χ1n) is 22.3. The van der Waals surface area contributed by atoms with Crippen molar-refractivity contribution < 1.29 is 4.79 Å². The topological polar surface area (TPSA) is 17.1 Å². The summed E-state index contributed by atoms with van der Waals surface area (Å²) in [7, 11) is 0. The lowest BCUT2D eigenvalue weighted by Gasteiger charge is -2.22. The molecule has 1 heteroatoms.